The van der Waals surface area contributed by atoms with E-state index in [1.54, 1.807) is 0 Å². The number of rotatable bonds is 1. The molecule has 1 nitrogen and oxygen atoms in total. The van der Waals surface area contributed by atoms with Crippen LogP contribution in [0.1, 0.15) is 26.5 Å². The summed E-state index contributed by atoms with van der Waals surface area (Å²) in [5, 5.41) is 1.19. The Balaban J connectivity index is 2.21. The summed E-state index contributed by atoms with van der Waals surface area (Å²) in [5.74, 6) is -0.206. The van der Waals surface area contributed by atoms with Crippen LogP contribution in [0.2, 0.25) is 0 Å². The molecule has 20 heavy (non-hydrogen) atoms. The molecule has 0 bridgehead atoms. The summed E-state index contributed by atoms with van der Waals surface area (Å²) in [6.07, 6.45) is 0. The third-order valence-corrected chi connectivity index (χ3v) is 3.62. The van der Waals surface area contributed by atoms with E-state index in [4.69, 9.17) is 0 Å². The fourth-order valence-corrected chi connectivity index (χ4v) is 2.43. The molecule has 3 aromatic rings. The molecule has 0 saturated heterocycles. The van der Waals surface area contributed by atoms with E-state index in [-0.39, 0.29) is 11.2 Å². The lowest BCUT2D eigenvalue weighted by molar-refractivity contribution is 0.574. The number of aromatic nitrogens is 1. The molecular formula is C18H18FN. The number of fused-ring (bicyclic) bond motifs is 1. The molecule has 3 rings (SSSR count). The molecule has 0 aliphatic heterocycles. The molecule has 0 amide bonds. The Morgan fingerprint density at radius 2 is 1.65 bits per heavy atom. The van der Waals surface area contributed by atoms with E-state index in [9.17, 15) is 4.39 Å². The molecule has 1 heterocycles. The average Bonchev–Trinajstić information content (AvgIpc) is 2.83. The summed E-state index contributed by atoms with van der Waals surface area (Å²) in [7, 11) is 0. The number of aromatic amines is 1. The summed E-state index contributed by atoms with van der Waals surface area (Å²) < 4.78 is 13.1. The largest absolute Gasteiger partial charge is 0.357 e. The molecule has 2 aromatic carbocycles. The van der Waals surface area contributed by atoms with E-state index in [1.165, 1.54) is 23.2 Å². The highest BCUT2D eigenvalue weighted by molar-refractivity contribution is 5.94. The van der Waals surface area contributed by atoms with Gasteiger partial charge in [-0.2, -0.15) is 0 Å². The van der Waals surface area contributed by atoms with E-state index in [1.807, 2.05) is 18.2 Å². The van der Waals surface area contributed by atoms with Crippen molar-refractivity contribution in [2.45, 2.75) is 26.2 Å². The van der Waals surface area contributed by atoms with Gasteiger partial charge in [-0.15, -0.1) is 0 Å². The quantitative estimate of drug-likeness (QED) is 0.618. The minimum atomic E-state index is -0.206. The molecule has 0 aliphatic carbocycles. The minimum absolute atomic E-state index is 0.0824. The maximum Gasteiger partial charge on any atom is 0.123 e. The third kappa shape index (κ3) is 2.22. The lowest BCUT2D eigenvalue weighted by atomic mass is 9.92. The van der Waals surface area contributed by atoms with Gasteiger partial charge in [0.2, 0.25) is 0 Å². The molecule has 0 radical (unpaired) electrons. The molecule has 0 aliphatic rings. The van der Waals surface area contributed by atoms with Gasteiger partial charge in [0, 0.05) is 22.1 Å². The van der Waals surface area contributed by atoms with Crippen molar-refractivity contribution in [3.63, 3.8) is 0 Å². The number of benzene rings is 2. The van der Waals surface area contributed by atoms with Crippen LogP contribution in [-0.4, -0.2) is 4.98 Å². The van der Waals surface area contributed by atoms with Gasteiger partial charge in [0.25, 0.3) is 0 Å². The van der Waals surface area contributed by atoms with Crippen molar-refractivity contribution < 1.29 is 4.39 Å². The van der Waals surface area contributed by atoms with Crippen LogP contribution in [0, 0.1) is 5.82 Å². The number of nitrogens with one attached hydrogen (secondary N) is 1. The summed E-state index contributed by atoms with van der Waals surface area (Å²) >= 11 is 0. The summed E-state index contributed by atoms with van der Waals surface area (Å²) in [6, 6.07) is 15.1. The van der Waals surface area contributed by atoms with Gasteiger partial charge in [0.15, 0.2) is 0 Å². The van der Waals surface area contributed by atoms with Crippen molar-refractivity contribution in [3.8, 4) is 11.1 Å². The Bertz CT molecular complexity index is 745. The third-order valence-electron chi connectivity index (χ3n) is 3.62. The maximum atomic E-state index is 13.1. The van der Waals surface area contributed by atoms with Gasteiger partial charge >= 0.3 is 0 Å². The first-order chi connectivity index (χ1) is 9.45. The van der Waals surface area contributed by atoms with E-state index in [0.29, 0.717) is 0 Å². The molecule has 1 N–H and O–H groups in total. The van der Waals surface area contributed by atoms with Crippen molar-refractivity contribution in [2.24, 2.45) is 0 Å². The second-order valence-electron chi connectivity index (χ2n) is 6.21. The van der Waals surface area contributed by atoms with E-state index in [0.717, 1.165) is 16.6 Å². The number of halogens is 1. The Labute approximate surface area is 118 Å². The first-order valence-electron chi connectivity index (χ1n) is 6.83. The van der Waals surface area contributed by atoms with Crippen molar-refractivity contribution in [2.75, 3.05) is 0 Å². The minimum Gasteiger partial charge on any atom is -0.357 e. The molecule has 0 atom stereocenters. The number of hydrogen-bond donors (Lipinski definition) is 1. The fraction of sp³-hybridized carbons (Fsp3) is 0.222. The molecule has 102 valence electrons. The van der Waals surface area contributed by atoms with Gasteiger partial charge in [-0.1, -0.05) is 51.1 Å². The second kappa shape index (κ2) is 4.48. The lowest BCUT2D eigenvalue weighted by Gasteiger charge is -2.15. The smallest absolute Gasteiger partial charge is 0.123 e. The van der Waals surface area contributed by atoms with E-state index in [2.05, 4.69) is 44.0 Å². The fourth-order valence-electron chi connectivity index (χ4n) is 2.43. The average molecular weight is 267 g/mol. The van der Waals surface area contributed by atoms with Crippen LogP contribution in [0.5, 0.6) is 0 Å². The second-order valence-corrected chi connectivity index (χ2v) is 6.21. The highest BCUT2D eigenvalue weighted by atomic mass is 19.1. The number of hydrogen-bond acceptors (Lipinski definition) is 0. The predicted molar refractivity (Wildman–Crippen MR) is 82.4 cm³/mol. The summed E-state index contributed by atoms with van der Waals surface area (Å²) in [4.78, 5) is 3.52. The lowest BCUT2D eigenvalue weighted by Crippen LogP contribution is -2.11. The standard InChI is InChI=1S/C18H18FN/c1-18(2,3)16-11-13-5-4-6-15(17(13)20-16)12-7-9-14(19)10-8-12/h4-11,20H,1-3H3. The van der Waals surface area contributed by atoms with E-state index < -0.39 is 0 Å². The van der Waals surface area contributed by atoms with Crippen LogP contribution in [0.15, 0.2) is 48.5 Å². The molecular weight excluding hydrogens is 249 g/mol. The van der Waals surface area contributed by atoms with Crippen molar-refractivity contribution >= 4 is 10.9 Å². The molecule has 2 heteroatoms. The Morgan fingerprint density at radius 3 is 2.30 bits per heavy atom. The van der Waals surface area contributed by atoms with Crippen LogP contribution in [0.3, 0.4) is 0 Å². The van der Waals surface area contributed by atoms with Crippen molar-refractivity contribution in [1.29, 1.82) is 0 Å². The Kier molecular flexibility index (Phi) is 2.89. The zero-order chi connectivity index (χ0) is 14.3. The summed E-state index contributed by atoms with van der Waals surface area (Å²) in [5.41, 5.74) is 4.54. The van der Waals surface area contributed by atoms with Crippen LogP contribution in [0.4, 0.5) is 4.39 Å². The normalized spacial score (nSPS) is 12.0. The first-order valence-corrected chi connectivity index (χ1v) is 6.83. The monoisotopic (exact) mass is 267 g/mol. The van der Waals surface area contributed by atoms with Crippen molar-refractivity contribution in [3.05, 3.63) is 60.0 Å². The van der Waals surface area contributed by atoms with Crippen LogP contribution < -0.4 is 0 Å². The maximum absolute atomic E-state index is 13.1. The molecule has 0 spiro atoms. The highest BCUT2D eigenvalue weighted by Crippen LogP contribution is 2.32. The Hall–Kier alpha value is -2.09. The molecule has 0 saturated carbocycles. The van der Waals surface area contributed by atoms with Gasteiger partial charge in [-0.3, -0.25) is 0 Å². The van der Waals surface area contributed by atoms with Gasteiger partial charge in [0.05, 0.1) is 5.52 Å². The van der Waals surface area contributed by atoms with Crippen LogP contribution in [0.25, 0.3) is 22.0 Å². The van der Waals surface area contributed by atoms with Crippen LogP contribution in [-0.2, 0) is 5.41 Å². The molecule has 0 unspecified atom stereocenters. The van der Waals surface area contributed by atoms with Gasteiger partial charge in [-0.05, 0) is 23.8 Å². The SMILES string of the molecule is CC(C)(C)c1cc2cccc(-c3ccc(F)cc3)c2[nH]1. The first kappa shape index (κ1) is 12.9. The zero-order valence-corrected chi connectivity index (χ0v) is 12.0. The molecule has 1 aromatic heterocycles. The predicted octanol–water partition coefficient (Wildman–Crippen LogP) is 5.27. The van der Waals surface area contributed by atoms with Crippen LogP contribution >= 0.6 is 0 Å². The highest BCUT2D eigenvalue weighted by Gasteiger charge is 2.17. The van der Waals surface area contributed by atoms with Crippen molar-refractivity contribution in [1.82, 2.24) is 4.98 Å². The number of H-pyrrole nitrogens is 1. The van der Waals surface area contributed by atoms with Gasteiger partial charge in [0.1, 0.15) is 5.82 Å². The molecule has 0 fully saturated rings. The summed E-state index contributed by atoms with van der Waals surface area (Å²) in [6.45, 7) is 6.57. The van der Waals surface area contributed by atoms with E-state index >= 15 is 0 Å². The number of para-hydroxylation sites is 1. The Morgan fingerprint density at radius 1 is 0.950 bits per heavy atom. The topological polar surface area (TPSA) is 15.8 Å². The van der Waals surface area contributed by atoms with Gasteiger partial charge in [-0.25, -0.2) is 4.39 Å². The van der Waals surface area contributed by atoms with Gasteiger partial charge < -0.3 is 4.98 Å². The zero-order valence-electron chi connectivity index (χ0n) is 12.0.